The van der Waals surface area contributed by atoms with E-state index >= 15 is 0 Å². The van der Waals surface area contributed by atoms with Crippen molar-refractivity contribution in [3.63, 3.8) is 0 Å². The Kier molecular flexibility index (Phi) is 4.52. The summed E-state index contributed by atoms with van der Waals surface area (Å²) in [5, 5.41) is 11.8. The predicted molar refractivity (Wildman–Crippen MR) is 70.0 cm³/mol. The van der Waals surface area contributed by atoms with Gasteiger partial charge in [0.2, 0.25) is 0 Å². The van der Waals surface area contributed by atoms with Crippen molar-refractivity contribution in [2.24, 2.45) is 0 Å². The summed E-state index contributed by atoms with van der Waals surface area (Å²) in [5.41, 5.74) is 0.930. The minimum Gasteiger partial charge on any atom is -0.300 e. The summed E-state index contributed by atoms with van der Waals surface area (Å²) >= 11 is 1.69. The number of nitriles is 1. The van der Waals surface area contributed by atoms with Crippen molar-refractivity contribution in [3.8, 4) is 6.07 Å². The number of hydrogen-bond donors (Lipinski definition) is 0. The Hall–Kier alpha value is -0.920. The van der Waals surface area contributed by atoms with Crippen molar-refractivity contribution in [1.82, 2.24) is 9.88 Å². The van der Waals surface area contributed by atoms with Crippen LogP contribution in [0, 0.1) is 11.3 Å². The fourth-order valence-corrected chi connectivity index (χ4v) is 3.14. The van der Waals surface area contributed by atoms with Crippen molar-refractivity contribution in [3.05, 3.63) is 16.1 Å². The molecule has 1 atom stereocenters. The summed E-state index contributed by atoms with van der Waals surface area (Å²) in [4.78, 5) is 7.04. The maximum Gasteiger partial charge on any atom is 0.0941 e. The highest BCUT2D eigenvalue weighted by atomic mass is 32.1. The third-order valence-corrected chi connectivity index (χ3v) is 4.37. The Balaban J connectivity index is 1.82. The molecule has 92 valence electrons. The first-order valence-electron chi connectivity index (χ1n) is 6.34. The van der Waals surface area contributed by atoms with Crippen molar-refractivity contribution >= 4 is 11.3 Å². The molecule has 2 rings (SSSR count). The van der Waals surface area contributed by atoms with Crippen LogP contribution in [-0.2, 0) is 12.8 Å². The molecule has 1 aliphatic heterocycles. The molecule has 3 nitrogen and oxygen atoms in total. The molecule has 0 spiro atoms. The molecule has 17 heavy (non-hydrogen) atoms. The van der Waals surface area contributed by atoms with Crippen LogP contribution in [0.15, 0.2) is 5.38 Å². The minimum absolute atomic E-state index is 0.441. The van der Waals surface area contributed by atoms with E-state index < -0.39 is 0 Å². The smallest absolute Gasteiger partial charge is 0.0941 e. The lowest BCUT2D eigenvalue weighted by Gasteiger charge is -2.32. The highest BCUT2D eigenvalue weighted by Gasteiger charge is 2.17. The van der Waals surface area contributed by atoms with Gasteiger partial charge in [0.15, 0.2) is 0 Å². The summed E-state index contributed by atoms with van der Waals surface area (Å²) in [7, 11) is 0. The maximum absolute atomic E-state index is 8.60. The molecule has 0 aromatic carbocycles. The van der Waals surface area contributed by atoms with Gasteiger partial charge >= 0.3 is 0 Å². The topological polar surface area (TPSA) is 39.9 Å². The van der Waals surface area contributed by atoms with Crippen LogP contribution >= 0.6 is 11.3 Å². The average molecular weight is 249 g/mol. The molecule has 1 fully saturated rings. The second-order valence-corrected chi connectivity index (χ2v) is 5.64. The molecule has 4 heteroatoms. The molecular weight excluding hydrogens is 230 g/mol. The summed E-state index contributed by atoms with van der Waals surface area (Å²) in [6.07, 6.45) is 5.51. The van der Waals surface area contributed by atoms with Crippen molar-refractivity contribution < 1.29 is 0 Å². The van der Waals surface area contributed by atoms with E-state index in [2.05, 4.69) is 22.9 Å². The summed E-state index contributed by atoms with van der Waals surface area (Å²) in [6.45, 7) is 4.67. The van der Waals surface area contributed by atoms with Gasteiger partial charge in [0, 0.05) is 24.4 Å². The largest absolute Gasteiger partial charge is 0.300 e. The van der Waals surface area contributed by atoms with Gasteiger partial charge < -0.3 is 4.90 Å². The highest BCUT2D eigenvalue weighted by Crippen LogP contribution is 2.18. The molecule has 1 aromatic rings. The van der Waals surface area contributed by atoms with Gasteiger partial charge in [-0.3, -0.25) is 0 Å². The third kappa shape index (κ3) is 3.52. The lowest BCUT2D eigenvalue weighted by Crippen LogP contribution is -2.38. The third-order valence-electron chi connectivity index (χ3n) is 3.41. The van der Waals surface area contributed by atoms with E-state index in [0.29, 0.717) is 6.42 Å². The zero-order valence-electron chi connectivity index (χ0n) is 10.4. The van der Waals surface area contributed by atoms with Crippen LogP contribution in [0.25, 0.3) is 0 Å². The molecule has 1 unspecified atom stereocenters. The summed E-state index contributed by atoms with van der Waals surface area (Å²) < 4.78 is 0. The van der Waals surface area contributed by atoms with Crippen molar-refractivity contribution in [1.29, 1.82) is 5.26 Å². The fraction of sp³-hybridized carbons (Fsp3) is 0.692. The number of nitrogens with zero attached hydrogens (tertiary/aromatic N) is 3. The van der Waals surface area contributed by atoms with E-state index in [4.69, 9.17) is 5.26 Å². The number of likely N-dealkylation sites (tertiary alicyclic amines) is 1. The van der Waals surface area contributed by atoms with Gasteiger partial charge in [-0.15, -0.1) is 11.3 Å². The van der Waals surface area contributed by atoms with Crippen LogP contribution < -0.4 is 0 Å². The first kappa shape index (κ1) is 12.5. The quantitative estimate of drug-likeness (QED) is 0.823. The van der Waals surface area contributed by atoms with Crippen LogP contribution in [-0.4, -0.2) is 29.0 Å². The second kappa shape index (κ2) is 6.13. The number of piperidine rings is 1. The Labute approximate surface area is 107 Å². The lowest BCUT2D eigenvalue weighted by molar-refractivity contribution is 0.163. The molecule has 0 N–H and O–H groups in total. The predicted octanol–water partition coefficient (Wildman–Crippen LogP) is 2.63. The van der Waals surface area contributed by atoms with Gasteiger partial charge in [-0.1, -0.05) is 6.42 Å². The molecule has 1 saturated heterocycles. The van der Waals surface area contributed by atoms with Crippen LogP contribution in [0.3, 0.4) is 0 Å². The Morgan fingerprint density at radius 1 is 1.59 bits per heavy atom. The Bertz CT molecular complexity index is 394. The summed E-state index contributed by atoms with van der Waals surface area (Å²) in [6, 6.07) is 2.87. The first-order chi connectivity index (χ1) is 8.29. The molecule has 0 bridgehead atoms. The molecule has 0 radical (unpaired) electrons. The van der Waals surface area contributed by atoms with E-state index in [-0.39, 0.29) is 0 Å². The van der Waals surface area contributed by atoms with Gasteiger partial charge in [-0.2, -0.15) is 5.26 Å². The standard InChI is InChI=1S/C13H19N3S/c1-11-4-2-3-8-16(11)9-6-13-15-12(5-7-14)10-17-13/h10-11H,2-6,8-9H2,1H3. The molecule has 0 aliphatic carbocycles. The summed E-state index contributed by atoms with van der Waals surface area (Å²) in [5.74, 6) is 0. The van der Waals surface area contributed by atoms with Crippen molar-refractivity contribution in [2.75, 3.05) is 13.1 Å². The molecule has 0 amide bonds. The Morgan fingerprint density at radius 3 is 3.24 bits per heavy atom. The van der Waals surface area contributed by atoms with E-state index in [9.17, 15) is 0 Å². The van der Waals surface area contributed by atoms with Gasteiger partial charge in [0.25, 0.3) is 0 Å². The normalized spacial score (nSPS) is 21.3. The van der Waals surface area contributed by atoms with Crippen molar-refractivity contribution in [2.45, 2.75) is 45.1 Å². The number of rotatable bonds is 4. The van der Waals surface area contributed by atoms with E-state index in [0.717, 1.165) is 24.7 Å². The second-order valence-electron chi connectivity index (χ2n) is 4.70. The van der Waals surface area contributed by atoms with E-state index in [1.54, 1.807) is 11.3 Å². The molecule has 1 aliphatic rings. The number of aromatic nitrogens is 1. The van der Waals surface area contributed by atoms with E-state index in [1.165, 1.54) is 30.8 Å². The number of hydrogen-bond acceptors (Lipinski definition) is 4. The van der Waals surface area contributed by atoms with Gasteiger partial charge in [-0.25, -0.2) is 4.98 Å². The first-order valence-corrected chi connectivity index (χ1v) is 7.22. The zero-order chi connectivity index (χ0) is 12.1. The van der Waals surface area contributed by atoms with Crippen LogP contribution in [0.2, 0.25) is 0 Å². The zero-order valence-corrected chi connectivity index (χ0v) is 11.2. The van der Waals surface area contributed by atoms with Crippen LogP contribution in [0.5, 0.6) is 0 Å². The SMILES string of the molecule is CC1CCCCN1CCc1nc(CC#N)cs1. The minimum atomic E-state index is 0.441. The molecule has 1 aromatic heterocycles. The molecular formula is C13H19N3S. The lowest BCUT2D eigenvalue weighted by atomic mass is 10.0. The Morgan fingerprint density at radius 2 is 2.47 bits per heavy atom. The molecule has 2 heterocycles. The monoisotopic (exact) mass is 249 g/mol. The van der Waals surface area contributed by atoms with Gasteiger partial charge in [0.1, 0.15) is 0 Å². The van der Waals surface area contributed by atoms with Gasteiger partial charge in [0.05, 0.1) is 23.2 Å². The van der Waals surface area contributed by atoms with E-state index in [1.807, 2.05) is 5.38 Å². The number of thiazole rings is 1. The average Bonchev–Trinajstić information content (AvgIpc) is 2.76. The van der Waals surface area contributed by atoms with Crippen LogP contribution in [0.4, 0.5) is 0 Å². The highest BCUT2D eigenvalue weighted by molar-refractivity contribution is 7.09. The van der Waals surface area contributed by atoms with Crippen LogP contribution in [0.1, 0.15) is 36.9 Å². The maximum atomic E-state index is 8.60. The fourth-order valence-electron chi connectivity index (χ4n) is 2.35. The molecule has 0 saturated carbocycles. The van der Waals surface area contributed by atoms with Gasteiger partial charge in [-0.05, 0) is 26.3 Å².